The van der Waals surface area contributed by atoms with Crippen LogP contribution in [0.4, 0.5) is 5.69 Å². The highest BCUT2D eigenvalue weighted by Gasteiger charge is 2.15. The van der Waals surface area contributed by atoms with E-state index in [0.29, 0.717) is 4.90 Å². The van der Waals surface area contributed by atoms with Crippen molar-refractivity contribution in [2.75, 3.05) is 0 Å². The lowest BCUT2D eigenvalue weighted by Gasteiger charge is -2.06. The Labute approximate surface area is 123 Å². The molecule has 2 aromatic carbocycles. The third kappa shape index (κ3) is 3.45. The molecule has 0 unspecified atom stereocenters. The van der Waals surface area contributed by atoms with Gasteiger partial charge in [-0.05, 0) is 16.6 Å². The number of nitro groups is 1. The van der Waals surface area contributed by atoms with E-state index in [-0.39, 0.29) is 10.6 Å². The highest BCUT2D eigenvalue weighted by molar-refractivity contribution is 9.11. The van der Waals surface area contributed by atoms with Crippen LogP contribution in [-0.2, 0) is 0 Å². The molecule has 19 heavy (non-hydrogen) atoms. The van der Waals surface area contributed by atoms with Crippen molar-refractivity contribution in [3.63, 3.8) is 0 Å². The molecule has 2 aromatic rings. The molecule has 0 N–H and O–H groups in total. The number of para-hydroxylation sites is 1. The predicted octanol–water partition coefficient (Wildman–Crippen LogP) is 5.08. The fraction of sp³-hybridized carbons (Fsp3) is 0. The van der Waals surface area contributed by atoms with Crippen molar-refractivity contribution in [3.05, 3.63) is 75.3 Å². The average molecular weight is 336 g/mol. The Balaban J connectivity index is 2.33. The number of rotatable bonds is 4. The molecule has 0 heterocycles. The molecule has 0 bridgehead atoms. The van der Waals surface area contributed by atoms with Crippen molar-refractivity contribution in [3.8, 4) is 0 Å². The van der Waals surface area contributed by atoms with Crippen molar-refractivity contribution < 1.29 is 4.92 Å². The van der Waals surface area contributed by atoms with Crippen LogP contribution in [0.1, 0.15) is 5.56 Å². The van der Waals surface area contributed by atoms with E-state index in [9.17, 15) is 10.1 Å². The Morgan fingerprint density at radius 2 is 1.74 bits per heavy atom. The Kier molecular flexibility index (Phi) is 4.76. The van der Waals surface area contributed by atoms with Crippen LogP contribution in [0.5, 0.6) is 0 Å². The molecule has 0 aromatic heterocycles. The zero-order valence-electron chi connectivity index (χ0n) is 9.82. The lowest BCUT2D eigenvalue weighted by Crippen LogP contribution is -1.90. The topological polar surface area (TPSA) is 43.1 Å². The molecule has 0 aliphatic rings. The maximum absolute atomic E-state index is 11.0. The monoisotopic (exact) mass is 335 g/mol. The summed E-state index contributed by atoms with van der Waals surface area (Å²) in [6.07, 6.45) is 0. The van der Waals surface area contributed by atoms with E-state index >= 15 is 0 Å². The van der Waals surface area contributed by atoms with Gasteiger partial charge in [0.1, 0.15) is 0 Å². The molecule has 0 aliphatic carbocycles. The number of nitro benzene ring substituents is 1. The van der Waals surface area contributed by atoms with E-state index in [1.807, 2.05) is 30.3 Å². The molecule has 96 valence electrons. The second kappa shape index (κ2) is 6.54. The number of halogens is 1. The van der Waals surface area contributed by atoms with Gasteiger partial charge in [0, 0.05) is 11.0 Å². The van der Waals surface area contributed by atoms with E-state index in [4.69, 9.17) is 0 Å². The summed E-state index contributed by atoms with van der Waals surface area (Å²) in [5.74, 6) is 0. The van der Waals surface area contributed by atoms with Gasteiger partial charge in [0.25, 0.3) is 5.69 Å². The van der Waals surface area contributed by atoms with Gasteiger partial charge in [0.15, 0.2) is 0 Å². The van der Waals surface area contributed by atoms with Crippen LogP contribution in [0, 0.1) is 10.1 Å². The lowest BCUT2D eigenvalue weighted by molar-refractivity contribution is -0.387. The van der Waals surface area contributed by atoms with Crippen molar-refractivity contribution >= 4 is 38.3 Å². The zero-order valence-corrected chi connectivity index (χ0v) is 12.2. The fourth-order valence-electron chi connectivity index (χ4n) is 1.56. The fourth-order valence-corrected chi connectivity index (χ4v) is 3.03. The summed E-state index contributed by atoms with van der Waals surface area (Å²) in [7, 11) is 0. The predicted molar refractivity (Wildman–Crippen MR) is 82.3 cm³/mol. The molecule has 0 aliphatic heterocycles. The summed E-state index contributed by atoms with van der Waals surface area (Å²) in [4.78, 5) is 14.0. The largest absolute Gasteiger partial charge is 0.283 e. The summed E-state index contributed by atoms with van der Waals surface area (Å²) in [5.41, 5.74) is 1.14. The van der Waals surface area contributed by atoms with Gasteiger partial charge in [0.05, 0.1) is 9.82 Å². The Hall–Kier alpha value is -1.59. The van der Waals surface area contributed by atoms with Gasteiger partial charge in [-0.1, -0.05) is 70.2 Å². The minimum Gasteiger partial charge on any atom is -0.258 e. The quantitative estimate of drug-likeness (QED) is 0.444. The van der Waals surface area contributed by atoms with Gasteiger partial charge in [-0.2, -0.15) is 0 Å². The Morgan fingerprint density at radius 3 is 2.37 bits per heavy atom. The first-order valence-electron chi connectivity index (χ1n) is 5.49. The highest BCUT2D eigenvalue weighted by Crippen LogP contribution is 2.39. The second-order valence-corrected chi connectivity index (χ2v) is 5.21. The first-order valence-corrected chi connectivity index (χ1v) is 7.22. The average Bonchev–Trinajstić information content (AvgIpc) is 2.46. The molecule has 2 rings (SSSR count). The van der Waals surface area contributed by atoms with E-state index < -0.39 is 0 Å². The molecule has 0 amide bonds. The lowest BCUT2D eigenvalue weighted by atomic mass is 10.2. The van der Waals surface area contributed by atoms with Crippen molar-refractivity contribution in [2.24, 2.45) is 0 Å². The van der Waals surface area contributed by atoms with Crippen LogP contribution < -0.4 is 0 Å². The van der Waals surface area contributed by atoms with Gasteiger partial charge in [-0.15, -0.1) is 0 Å². The van der Waals surface area contributed by atoms with Crippen LogP contribution in [0.2, 0.25) is 0 Å². The third-order valence-corrected chi connectivity index (χ3v) is 4.34. The van der Waals surface area contributed by atoms with E-state index in [1.165, 1.54) is 17.8 Å². The van der Waals surface area contributed by atoms with Crippen molar-refractivity contribution in [2.45, 2.75) is 4.90 Å². The Morgan fingerprint density at radius 1 is 1.11 bits per heavy atom. The summed E-state index contributed by atoms with van der Waals surface area (Å²) < 4.78 is 0. The van der Waals surface area contributed by atoms with E-state index in [2.05, 4.69) is 15.9 Å². The van der Waals surface area contributed by atoms with Crippen molar-refractivity contribution in [1.29, 1.82) is 0 Å². The van der Waals surface area contributed by atoms with Gasteiger partial charge in [-0.25, -0.2) is 0 Å². The number of thioether (sulfide) groups is 1. The summed E-state index contributed by atoms with van der Waals surface area (Å²) in [5, 5.41) is 11.0. The number of hydrogen-bond donors (Lipinski definition) is 0. The van der Waals surface area contributed by atoms with Crippen LogP contribution in [-0.4, -0.2) is 4.92 Å². The smallest absolute Gasteiger partial charge is 0.258 e. The van der Waals surface area contributed by atoms with E-state index in [1.54, 1.807) is 23.2 Å². The minimum absolute atomic E-state index is 0.121. The zero-order chi connectivity index (χ0) is 13.7. The first kappa shape index (κ1) is 13.8. The third-order valence-electron chi connectivity index (χ3n) is 2.44. The summed E-state index contributed by atoms with van der Waals surface area (Å²) in [6.45, 7) is 0. The van der Waals surface area contributed by atoms with Crippen LogP contribution >= 0.6 is 27.7 Å². The summed E-state index contributed by atoms with van der Waals surface area (Å²) >= 11 is 4.69. The molecule has 0 radical (unpaired) electrons. The highest BCUT2D eigenvalue weighted by atomic mass is 79.9. The molecule has 0 fully saturated rings. The Bertz CT molecular complexity index is 614. The van der Waals surface area contributed by atoms with E-state index in [0.717, 1.165) is 10.5 Å². The summed E-state index contributed by atoms with van der Waals surface area (Å²) in [6, 6.07) is 16.5. The molecule has 5 heteroatoms. The minimum atomic E-state index is -0.362. The number of nitrogens with zero attached hydrogens (tertiary/aromatic N) is 1. The standard InChI is InChI=1S/C14H10BrNO2S/c15-10-14(11-6-2-1-3-7-11)19-13-9-5-4-8-12(13)16(17)18/h1-10H/b14-10+. The first-order chi connectivity index (χ1) is 9.22. The normalized spacial score (nSPS) is 11.3. The van der Waals surface area contributed by atoms with Crippen LogP contribution in [0.3, 0.4) is 0 Å². The molecule has 0 atom stereocenters. The SMILES string of the molecule is O=[N+]([O-])c1ccccc1S/C(=C/Br)c1ccccc1. The second-order valence-electron chi connectivity index (χ2n) is 3.67. The van der Waals surface area contributed by atoms with Gasteiger partial charge in [-0.3, -0.25) is 10.1 Å². The number of hydrogen-bond acceptors (Lipinski definition) is 3. The molecule has 0 spiro atoms. The molecule has 3 nitrogen and oxygen atoms in total. The van der Waals surface area contributed by atoms with Crippen molar-refractivity contribution in [1.82, 2.24) is 0 Å². The van der Waals surface area contributed by atoms with Crippen LogP contribution in [0.25, 0.3) is 4.91 Å². The molecule has 0 saturated heterocycles. The maximum Gasteiger partial charge on any atom is 0.283 e. The molecular formula is C14H10BrNO2S. The van der Waals surface area contributed by atoms with Gasteiger partial charge in [0.2, 0.25) is 0 Å². The van der Waals surface area contributed by atoms with Gasteiger partial charge < -0.3 is 0 Å². The number of benzene rings is 2. The molecule has 0 saturated carbocycles. The molecular weight excluding hydrogens is 326 g/mol. The maximum atomic E-state index is 11.0. The van der Waals surface area contributed by atoms with Crippen LogP contribution in [0.15, 0.2) is 64.5 Å². The van der Waals surface area contributed by atoms with Gasteiger partial charge >= 0.3 is 0 Å².